The van der Waals surface area contributed by atoms with E-state index >= 15 is 0 Å². The lowest BCUT2D eigenvalue weighted by Gasteiger charge is -2.06. The highest BCUT2D eigenvalue weighted by Crippen LogP contribution is 2.25. The Labute approximate surface area is 122 Å². The van der Waals surface area contributed by atoms with Gasteiger partial charge in [-0.25, -0.2) is 4.98 Å². The molecule has 3 nitrogen and oxygen atoms in total. The van der Waals surface area contributed by atoms with Crippen LogP contribution in [0.2, 0.25) is 10.0 Å². The van der Waals surface area contributed by atoms with E-state index in [1.165, 1.54) is 0 Å². The molecule has 0 aliphatic heterocycles. The number of halogens is 3. The van der Waals surface area contributed by atoms with E-state index in [4.69, 9.17) is 23.2 Å². The van der Waals surface area contributed by atoms with Crippen LogP contribution < -0.4 is 5.56 Å². The van der Waals surface area contributed by atoms with Crippen molar-refractivity contribution in [2.45, 2.75) is 13.3 Å². The number of aromatic nitrogens is 2. The summed E-state index contributed by atoms with van der Waals surface area (Å²) in [6, 6.07) is 5.04. The zero-order valence-corrected chi connectivity index (χ0v) is 12.5. The maximum absolute atomic E-state index is 11.8. The molecular formula is C12H9BrCl2N2O. The first-order valence-corrected chi connectivity index (χ1v) is 6.81. The molecule has 2 aromatic rings. The van der Waals surface area contributed by atoms with Crippen molar-refractivity contribution in [2.75, 3.05) is 0 Å². The number of hydrogen-bond acceptors (Lipinski definition) is 2. The van der Waals surface area contributed by atoms with Crippen molar-refractivity contribution in [3.8, 4) is 11.4 Å². The van der Waals surface area contributed by atoms with Crippen molar-refractivity contribution in [1.29, 1.82) is 0 Å². The second kappa shape index (κ2) is 5.43. The van der Waals surface area contributed by atoms with Crippen molar-refractivity contribution >= 4 is 39.1 Å². The highest BCUT2D eigenvalue weighted by Gasteiger charge is 2.10. The van der Waals surface area contributed by atoms with Gasteiger partial charge in [0.25, 0.3) is 5.56 Å². The molecular weight excluding hydrogens is 339 g/mol. The van der Waals surface area contributed by atoms with E-state index in [0.717, 1.165) is 0 Å². The molecule has 6 heteroatoms. The number of rotatable bonds is 2. The summed E-state index contributed by atoms with van der Waals surface area (Å²) in [4.78, 5) is 18.8. The predicted molar refractivity (Wildman–Crippen MR) is 77.4 cm³/mol. The lowest BCUT2D eigenvalue weighted by Crippen LogP contribution is -2.13. The van der Waals surface area contributed by atoms with E-state index in [2.05, 4.69) is 25.9 Å². The number of aryl methyl sites for hydroxylation is 1. The van der Waals surface area contributed by atoms with Gasteiger partial charge in [0.2, 0.25) is 0 Å². The van der Waals surface area contributed by atoms with Gasteiger partial charge in [0.15, 0.2) is 0 Å². The van der Waals surface area contributed by atoms with Crippen LogP contribution in [0.25, 0.3) is 11.4 Å². The van der Waals surface area contributed by atoms with Gasteiger partial charge < -0.3 is 4.98 Å². The summed E-state index contributed by atoms with van der Waals surface area (Å²) in [5.74, 6) is 0.462. The van der Waals surface area contributed by atoms with Gasteiger partial charge in [-0.05, 0) is 40.5 Å². The van der Waals surface area contributed by atoms with Crippen LogP contribution >= 0.6 is 39.1 Å². The lowest BCUT2D eigenvalue weighted by atomic mass is 10.2. The Kier molecular flexibility index (Phi) is 4.10. The van der Waals surface area contributed by atoms with Crippen LogP contribution in [0, 0.1) is 0 Å². The highest BCUT2D eigenvalue weighted by molar-refractivity contribution is 9.10. The first-order chi connectivity index (χ1) is 8.51. The SMILES string of the molecule is CCc1nc(-c2cc(Cl)cc(Cl)c2)[nH]c(=O)c1Br. The molecule has 0 aliphatic rings. The molecule has 0 bridgehead atoms. The quantitative estimate of drug-likeness (QED) is 0.890. The molecule has 0 radical (unpaired) electrons. The summed E-state index contributed by atoms with van der Waals surface area (Å²) in [6.07, 6.45) is 0.659. The van der Waals surface area contributed by atoms with Crippen LogP contribution in [-0.4, -0.2) is 9.97 Å². The third-order valence-electron chi connectivity index (χ3n) is 2.40. The summed E-state index contributed by atoms with van der Waals surface area (Å²) in [5, 5.41) is 1.00. The molecule has 0 unspecified atom stereocenters. The summed E-state index contributed by atoms with van der Waals surface area (Å²) < 4.78 is 0.460. The molecule has 1 aromatic carbocycles. The molecule has 1 heterocycles. The van der Waals surface area contributed by atoms with Gasteiger partial charge in [-0.2, -0.15) is 0 Å². The topological polar surface area (TPSA) is 45.8 Å². The average Bonchev–Trinajstić information content (AvgIpc) is 2.31. The molecule has 0 fully saturated rings. The van der Waals surface area contributed by atoms with Gasteiger partial charge in [0.05, 0.1) is 5.69 Å². The third-order valence-corrected chi connectivity index (χ3v) is 3.66. The van der Waals surface area contributed by atoms with Gasteiger partial charge in [-0.1, -0.05) is 30.1 Å². The molecule has 94 valence electrons. The minimum Gasteiger partial charge on any atom is -0.306 e. The molecule has 0 amide bonds. The first kappa shape index (κ1) is 13.6. The van der Waals surface area contributed by atoms with Crippen LogP contribution in [0.4, 0.5) is 0 Å². The number of nitrogens with zero attached hydrogens (tertiary/aromatic N) is 1. The normalized spacial score (nSPS) is 10.7. The smallest absolute Gasteiger partial charge is 0.265 e. The fourth-order valence-electron chi connectivity index (χ4n) is 1.57. The van der Waals surface area contributed by atoms with E-state index in [1.54, 1.807) is 18.2 Å². The molecule has 0 atom stereocenters. The zero-order chi connectivity index (χ0) is 13.3. The molecule has 0 saturated carbocycles. The van der Waals surface area contributed by atoms with Crippen LogP contribution in [-0.2, 0) is 6.42 Å². The summed E-state index contributed by atoms with van der Waals surface area (Å²) >= 11 is 15.1. The summed E-state index contributed by atoms with van der Waals surface area (Å²) in [6.45, 7) is 1.93. The molecule has 0 saturated heterocycles. The molecule has 0 aliphatic carbocycles. The van der Waals surface area contributed by atoms with Gasteiger partial charge in [-0.3, -0.25) is 4.79 Å². The van der Waals surface area contributed by atoms with E-state index in [0.29, 0.717) is 38.0 Å². The van der Waals surface area contributed by atoms with Crippen molar-refractivity contribution < 1.29 is 0 Å². The Bertz CT molecular complexity index is 635. The molecule has 1 N–H and O–H groups in total. The van der Waals surface area contributed by atoms with E-state index in [-0.39, 0.29) is 5.56 Å². The Morgan fingerprint density at radius 3 is 2.44 bits per heavy atom. The van der Waals surface area contributed by atoms with Gasteiger partial charge in [0, 0.05) is 15.6 Å². The highest BCUT2D eigenvalue weighted by atomic mass is 79.9. The third kappa shape index (κ3) is 2.76. The van der Waals surface area contributed by atoms with Crippen LogP contribution in [0.5, 0.6) is 0 Å². The van der Waals surface area contributed by atoms with Gasteiger partial charge in [-0.15, -0.1) is 0 Å². The standard InChI is InChI=1S/C12H9BrCl2N2O/c1-2-9-10(13)12(18)17-11(16-9)6-3-7(14)5-8(15)4-6/h3-5H,2H2,1H3,(H,16,17,18). The van der Waals surface area contributed by atoms with Crippen molar-refractivity contribution in [3.05, 3.63) is 48.8 Å². The number of H-pyrrole nitrogens is 1. The van der Waals surface area contributed by atoms with Crippen LogP contribution in [0.15, 0.2) is 27.5 Å². The van der Waals surface area contributed by atoms with E-state index < -0.39 is 0 Å². The zero-order valence-electron chi connectivity index (χ0n) is 9.43. The molecule has 18 heavy (non-hydrogen) atoms. The minimum atomic E-state index is -0.215. The first-order valence-electron chi connectivity index (χ1n) is 5.26. The van der Waals surface area contributed by atoms with Crippen LogP contribution in [0.3, 0.4) is 0 Å². The van der Waals surface area contributed by atoms with E-state index in [1.807, 2.05) is 6.92 Å². The van der Waals surface area contributed by atoms with Gasteiger partial charge in [0.1, 0.15) is 10.3 Å². The average molecular weight is 348 g/mol. The summed E-state index contributed by atoms with van der Waals surface area (Å²) in [7, 11) is 0. The number of hydrogen-bond donors (Lipinski definition) is 1. The van der Waals surface area contributed by atoms with Crippen molar-refractivity contribution in [1.82, 2.24) is 9.97 Å². The van der Waals surface area contributed by atoms with Crippen molar-refractivity contribution in [3.63, 3.8) is 0 Å². The largest absolute Gasteiger partial charge is 0.306 e. The van der Waals surface area contributed by atoms with Crippen LogP contribution in [0.1, 0.15) is 12.6 Å². The second-order valence-corrected chi connectivity index (χ2v) is 5.35. The maximum atomic E-state index is 11.8. The lowest BCUT2D eigenvalue weighted by molar-refractivity contribution is 0.970. The predicted octanol–water partition coefficient (Wildman–Crippen LogP) is 4.07. The Morgan fingerprint density at radius 1 is 1.28 bits per heavy atom. The maximum Gasteiger partial charge on any atom is 0.265 e. The monoisotopic (exact) mass is 346 g/mol. The Morgan fingerprint density at radius 2 is 1.89 bits per heavy atom. The molecule has 1 aromatic heterocycles. The fourth-order valence-corrected chi connectivity index (χ4v) is 2.56. The Balaban J connectivity index is 2.64. The number of benzene rings is 1. The number of aromatic amines is 1. The Hall–Kier alpha value is -0.840. The summed E-state index contributed by atoms with van der Waals surface area (Å²) in [5.41, 5.74) is 1.17. The minimum absolute atomic E-state index is 0.215. The van der Waals surface area contributed by atoms with Crippen molar-refractivity contribution in [2.24, 2.45) is 0 Å². The fraction of sp³-hybridized carbons (Fsp3) is 0.167. The van der Waals surface area contributed by atoms with Gasteiger partial charge >= 0.3 is 0 Å². The number of nitrogens with one attached hydrogen (secondary N) is 1. The van der Waals surface area contributed by atoms with E-state index in [9.17, 15) is 4.79 Å². The molecule has 2 rings (SSSR count). The second-order valence-electron chi connectivity index (χ2n) is 3.69. The molecule has 0 spiro atoms.